The second-order valence-corrected chi connectivity index (χ2v) is 23.9. The molecule has 4 saturated heterocycles. The lowest BCUT2D eigenvalue weighted by molar-refractivity contribution is -0.323. The number of fused-ring (bicyclic) bond motifs is 2. The van der Waals surface area contributed by atoms with E-state index in [1.807, 2.05) is 43.3 Å². The van der Waals surface area contributed by atoms with Crippen LogP contribution in [0.25, 0.3) is 0 Å². The lowest BCUT2D eigenvalue weighted by Crippen LogP contribution is -2.69. The van der Waals surface area contributed by atoms with E-state index >= 15 is 0 Å². The van der Waals surface area contributed by atoms with Crippen molar-refractivity contribution in [3.8, 4) is 0 Å². The van der Waals surface area contributed by atoms with Gasteiger partial charge in [0, 0.05) is 69.4 Å². The molecule has 0 aromatic heterocycles. The molecule has 23 atom stereocenters. The van der Waals surface area contributed by atoms with E-state index in [0.717, 1.165) is 5.69 Å². The normalized spacial score (nSPS) is 43.4. The highest BCUT2D eigenvalue weighted by molar-refractivity contribution is 5.80. The van der Waals surface area contributed by atoms with Gasteiger partial charge in [-0.05, 0) is 45.2 Å². The summed E-state index contributed by atoms with van der Waals surface area (Å²) in [6, 6.07) is 8.28. The summed E-state index contributed by atoms with van der Waals surface area (Å²) < 4.78 is 29.8. The summed E-state index contributed by atoms with van der Waals surface area (Å²) >= 11 is 0. The minimum atomic E-state index is -2.47. The number of rotatable bonds is 7. The van der Waals surface area contributed by atoms with Crippen molar-refractivity contribution in [2.24, 2.45) is 17.8 Å². The van der Waals surface area contributed by atoms with Crippen LogP contribution in [-0.4, -0.2) is 249 Å². The van der Waals surface area contributed by atoms with E-state index in [4.69, 9.17) is 23.7 Å². The first kappa shape index (κ1) is 71.5. The van der Waals surface area contributed by atoms with Gasteiger partial charge in [-0.3, -0.25) is 9.59 Å². The minimum absolute atomic E-state index is 0.130. The second-order valence-electron chi connectivity index (χ2n) is 23.9. The van der Waals surface area contributed by atoms with Crippen LogP contribution in [-0.2, 0) is 33.3 Å². The Hall–Kier alpha value is -4.62. The second kappa shape index (κ2) is 34.0. The number of esters is 1. The molecule has 488 valence electrons. The average molecular weight is 1230 g/mol. The number of aliphatic hydroxyl groups excluding tert-OH is 12. The molecule has 24 nitrogen and oxygen atoms in total. The summed E-state index contributed by atoms with van der Waals surface area (Å²) in [5.41, 5.74) is 0.958. The van der Waals surface area contributed by atoms with Gasteiger partial charge in [-0.2, -0.15) is 0 Å². The van der Waals surface area contributed by atoms with Crippen LogP contribution >= 0.6 is 0 Å². The highest BCUT2D eigenvalue weighted by Gasteiger charge is 2.53. The number of piperazine rings is 1. The van der Waals surface area contributed by atoms with Gasteiger partial charge in [0.05, 0.1) is 98.7 Å². The van der Waals surface area contributed by atoms with Crippen LogP contribution in [0, 0.1) is 17.8 Å². The molecule has 87 heavy (non-hydrogen) atoms. The summed E-state index contributed by atoms with van der Waals surface area (Å²) in [5.74, 6) is -8.22. The van der Waals surface area contributed by atoms with Gasteiger partial charge in [0.1, 0.15) is 30.5 Å². The zero-order valence-electron chi connectivity index (χ0n) is 50.0. The van der Waals surface area contributed by atoms with Crippen molar-refractivity contribution in [3.05, 3.63) is 115 Å². The number of hydrogen-bond acceptors (Lipinski definition) is 23. The molecule has 5 heterocycles. The summed E-state index contributed by atoms with van der Waals surface area (Å²) in [4.78, 5) is 31.3. The molecular formula is C63H95N3O21. The van der Waals surface area contributed by atoms with E-state index in [0.29, 0.717) is 13.1 Å². The molecule has 15 N–H and O–H groups in total. The van der Waals surface area contributed by atoms with Crippen LogP contribution in [0.5, 0.6) is 0 Å². The van der Waals surface area contributed by atoms with Gasteiger partial charge in [-0.15, -0.1) is 0 Å². The summed E-state index contributed by atoms with van der Waals surface area (Å²) in [5, 5.41) is 158. The van der Waals surface area contributed by atoms with Crippen LogP contribution in [0.1, 0.15) is 79.1 Å². The van der Waals surface area contributed by atoms with Gasteiger partial charge in [-0.1, -0.05) is 117 Å². The van der Waals surface area contributed by atoms with Crippen molar-refractivity contribution in [3.63, 3.8) is 0 Å². The highest BCUT2D eigenvalue weighted by Crippen LogP contribution is 2.39. The Morgan fingerprint density at radius 1 is 0.632 bits per heavy atom. The van der Waals surface area contributed by atoms with Crippen molar-refractivity contribution in [1.29, 1.82) is 0 Å². The summed E-state index contributed by atoms with van der Waals surface area (Å²) in [6.45, 7) is 6.92. The maximum atomic E-state index is 14.8. The van der Waals surface area contributed by atoms with Crippen LogP contribution in [0.2, 0.25) is 0 Å². The smallest absolute Gasteiger partial charge is 0.308 e. The van der Waals surface area contributed by atoms with Gasteiger partial charge < -0.3 is 110 Å². The highest BCUT2D eigenvalue weighted by atomic mass is 16.7. The van der Waals surface area contributed by atoms with Crippen molar-refractivity contribution in [2.75, 3.05) is 44.2 Å². The van der Waals surface area contributed by atoms with Gasteiger partial charge >= 0.3 is 5.97 Å². The largest absolute Gasteiger partial charge is 0.462 e. The van der Waals surface area contributed by atoms with E-state index in [1.54, 1.807) is 97.7 Å². The van der Waals surface area contributed by atoms with E-state index in [1.165, 1.54) is 6.92 Å². The monoisotopic (exact) mass is 1230 g/mol. The number of aliphatic hydroxyl groups is 14. The molecule has 5 aliphatic rings. The van der Waals surface area contributed by atoms with E-state index in [9.17, 15) is 81.1 Å². The summed E-state index contributed by atoms with van der Waals surface area (Å²) in [7, 11) is 0. The molecule has 4 fully saturated rings. The molecule has 0 aliphatic carbocycles. The molecule has 4 unspecified atom stereocenters. The number of carbonyl (C=O) groups excluding carboxylic acids is 2. The molecular weight excluding hydrogens is 1130 g/mol. The molecule has 1 amide bonds. The lowest BCUT2D eigenvalue weighted by atomic mass is 9.81. The molecule has 2 bridgehead atoms. The fraction of sp³-hybridized carbons (Fsp3) is 0.651. The number of para-hydroxylation sites is 1. The molecule has 24 heteroatoms. The number of allylic oxidation sites excluding steroid dienone is 12. The first-order valence-electron chi connectivity index (χ1n) is 30.2. The molecule has 1 aromatic rings. The van der Waals surface area contributed by atoms with Crippen molar-refractivity contribution >= 4 is 17.6 Å². The minimum Gasteiger partial charge on any atom is -0.462 e. The third kappa shape index (κ3) is 21.0. The summed E-state index contributed by atoms with van der Waals surface area (Å²) in [6.07, 6.45) is -2.91. The van der Waals surface area contributed by atoms with E-state index in [2.05, 4.69) is 10.2 Å². The van der Waals surface area contributed by atoms with Gasteiger partial charge in [0.15, 0.2) is 12.1 Å². The third-order valence-corrected chi connectivity index (χ3v) is 17.0. The number of ether oxygens (including phenoxy) is 5. The fourth-order valence-corrected chi connectivity index (χ4v) is 11.5. The Labute approximate surface area is 508 Å². The van der Waals surface area contributed by atoms with Crippen molar-refractivity contribution in [1.82, 2.24) is 10.2 Å². The van der Waals surface area contributed by atoms with Gasteiger partial charge in [0.25, 0.3) is 0 Å². The number of hydrogen-bond donors (Lipinski definition) is 15. The van der Waals surface area contributed by atoms with Gasteiger partial charge in [-0.25, -0.2) is 0 Å². The standard InChI is InChI=1S/C63H95N3O21/c1-38-20-16-13-11-9-7-5-6-8-10-12-14-19-23-46(86-61-58(78)54(56(76)41(4)85-61)64-37-63(82)59(79)57(77)50(73)36-83-63)33-51-53(60(80)66-28-26-65(27-29-66)42-21-17-15-18-22-42)49(72)35-62(81,87-51)34-45(69)31-48(71)47(70)25-24-43(67)30-44(68)32-52(74)84-40(3)39(2)55(38)75/h5-23,38-41,43-51,53-59,61,64,67-73,75-79,81-82H,24-37H2,1-4H3/b6-5+,9-7+,10-8+,13-11+,14-12+,20-16+,23-19+/t38-,39?,40-,41+,43+,44+,45-,46-,47+,48+,49-,50+,51?,53?,54-,55+,56+,57-,58-,59-,61?,62+,63+/m0/s1. The zero-order valence-corrected chi connectivity index (χ0v) is 50.0. The molecule has 0 spiro atoms. The van der Waals surface area contributed by atoms with Crippen LogP contribution < -0.4 is 10.2 Å². The van der Waals surface area contributed by atoms with Crippen LogP contribution in [0.15, 0.2) is 115 Å². The Bertz CT molecular complexity index is 2480. The van der Waals surface area contributed by atoms with E-state index < -0.39 is 184 Å². The van der Waals surface area contributed by atoms with Crippen molar-refractivity contribution in [2.45, 2.75) is 201 Å². The maximum absolute atomic E-state index is 14.8. The number of benzene rings is 1. The number of amides is 1. The Balaban J connectivity index is 1.28. The lowest BCUT2D eigenvalue weighted by Gasteiger charge is -2.48. The SMILES string of the molecule is CC1[C@H](C)OC(=O)C[C@H](O)C[C@H](O)CC[C@@H](O)[C@H](O)C[C@H](O)C[C@]2(O)C[C@H](O)C(C(=O)N3CCN(c4ccccc4)CC3)C(C[C@@H](OC3O[C@H](C)[C@@H](O)[C@H](NC[C@@]4(O)OC[C@@H](O)[C@H](O)[C@@H]4O)[C@@H]3O)/C=C/C=C/C=C/C=C/C=C/C=C/C=C/[C@H](C)[C@H]1O)O2. The Morgan fingerprint density at radius 2 is 1.24 bits per heavy atom. The third-order valence-electron chi connectivity index (χ3n) is 17.0. The quantitative estimate of drug-likeness (QED) is 0.152. The van der Waals surface area contributed by atoms with Crippen molar-refractivity contribution < 1.29 is 105 Å². The Morgan fingerprint density at radius 3 is 1.87 bits per heavy atom. The average Bonchev–Trinajstić information content (AvgIpc) is 1.15. The first-order chi connectivity index (χ1) is 41.3. The van der Waals surface area contributed by atoms with Crippen LogP contribution in [0.4, 0.5) is 5.69 Å². The zero-order chi connectivity index (χ0) is 63.6. The number of carbonyl (C=O) groups is 2. The predicted molar refractivity (Wildman–Crippen MR) is 317 cm³/mol. The number of nitrogens with zero attached hydrogens (tertiary/aromatic N) is 2. The van der Waals surface area contributed by atoms with E-state index in [-0.39, 0.29) is 44.7 Å². The number of nitrogens with one attached hydrogen (secondary N) is 1. The fourth-order valence-electron chi connectivity index (χ4n) is 11.5. The Kier molecular flexibility index (Phi) is 27.9. The number of anilines is 1. The predicted octanol–water partition coefficient (Wildman–Crippen LogP) is -0.592. The number of cyclic esters (lactones) is 1. The molecule has 0 saturated carbocycles. The van der Waals surface area contributed by atoms with Gasteiger partial charge in [0.2, 0.25) is 11.7 Å². The molecule has 0 radical (unpaired) electrons. The maximum Gasteiger partial charge on any atom is 0.308 e. The van der Waals surface area contributed by atoms with Crippen LogP contribution in [0.3, 0.4) is 0 Å². The molecule has 5 aliphatic heterocycles. The topological polar surface area (TPSA) is 382 Å². The molecule has 6 rings (SSSR count). The molecule has 1 aromatic carbocycles. The first-order valence-corrected chi connectivity index (χ1v) is 30.2.